The average Bonchev–Trinajstić information content (AvgIpc) is 2.90. The summed E-state index contributed by atoms with van der Waals surface area (Å²) in [5.41, 5.74) is 1.88. The van der Waals surface area contributed by atoms with Crippen molar-refractivity contribution < 1.29 is 23.7 Å². The zero-order valence-electron chi connectivity index (χ0n) is 20.5. The van der Waals surface area contributed by atoms with Crippen molar-refractivity contribution in [2.45, 2.75) is 56.4 Å². The molecule has 1 heterocycles. The van der Waals surface area contributed by atoms with Crippen LogP contribution in [0.5, 0.6) is 5.75 Å². The minimum Gasteiger partial charge on any atom is -0.491 e. The van der Waals surface area contributed by atoms with Gasteiger partial charge in [-0.05, 0) is 31.0 Å². The van der Waals surface area contributed by atoms with Crippen molar-refractivity contribution in [3.05, 3.63) is 42.5 Å². The number of carbonyl (C=O) groups is 1. The van der Waals surface area contributed by atoms with Gasteiger partial charge < -0.3 is 19.6 Å². The lowest BCUT2D eigenvalue weighted by molar-refractivity contribution is -0.137. The number of nitrogens with zero attached hydrogens (tertiary/aromatic N) is 2. The fraction of sp³-hybridized carbons (Fsp3) is 0.480. The number of benzene rings is 2. The van der Waals surface area contributed by atoms with Crippen molar-refractivity contribution in [2.75, 3.05) is 37.0 Å². The number of ether oxygens (including phenoxy) is 1. The molecule has 0 fully saturated rings. The van der Waals surface area contributed by atoms with Crippen LogP contribution in [0.2, 0.25) is 0 Å². The van der Waals surface area contributed by atoms with E-state index in [2.05, 4.69) is 23.5 Å². The Labute approximate surface area is 204 Å². The van der Waals surface area contributed by atoms with E-state index in [-0.39, 0.29) is 13.0 Å². The summed E-state index contributed by atoms with van der Waals surface area (Å²) in [5.74, 6) is -0.539. The largest absolute Gasteiger partial charge is 0.491 e. The standard InChI is InChI=1S/C25H37N3O5S/c1-5-7-14-25(6-2)18-28(19-11-9-8-10-12-19)21-16-20(27(3)4)22(33-15-13-24(29)30)17-23(21)34(31,32)26-25/h8-12,16-17,26,31-32H,5-7,13-15,18H2,1-4H3,(H,29,30). The van der Waals surface area contributed by atoms with Crippen LogP contribution in [-0.2, 0) is 4.79 Å². The van der Waals surface area contributed by atoms with Gasteiger partial charge in [-0.25, -0.2) is 4.72 Å². The number of nitrogens with one attached hydrogen (secondary N) is 1. The molecule has 0 bridgehead atoms. The molecule has 1 atom stereocenters. The molecule has 0 amide bonds. The van der Waals surface area contributed by atoms with Crippen molar-refractivity contribution in [1.82, 2.24) is 4.72 Å². The van der Waals surface area contributed by atoms with Gasteiger partial charge in [-0.15, -0.1) is 10.8 Å². The van der Waals surface area contributed by atoms with Crippen LogP contribution in [0.25, 0.3) is 0 Å². The highest BCUT2D eigenvalue weighted by molar-refractivity contribution is 8.22. The summed E-state index contributed by atoms with van der Waals surface area (Å²) in [7, 11) is 0.374. The van der Waals surface area contributed by atoms with E-state index >= 15 is 0 Å². The van der Waals surface area contributed by atoms with E-state index in [1.54, 1.807) is 6.07 Å². The number of carboxylic acid groups (broad SMARTS) is 1. The second-order valence-corrected chi connectivity index (χ2v) is 10.7. The minimum absolute atomic E-state index is 0.0145. The molecular weight excluding hydrogens is 454 g/mol. The van der Waals surface area contributed by atoms with Crippen LogP contribution in [0.15, 0.2) is 47.4 Å². The number of hydrogen-bond donors (Lipinski definition) is 4. The normalized spacial score (nSPS) is 20.2. The smallest absolute Gasteiger partial charge is 0.306 e. The first-order chi connectivity index (χ1) is 16.1. The first kappa shape index (κ1) is 26.2. The molecule has 1 aliphatic heterocycles. The van der Waals surface area contributed by atoms with E-state index in [0.717, 1.165) is 37.1 Å². The number of hydrogen-bond acceptors (Lipinski definition) is 7. The van der Waals surface area contributed by atoms with Gasteiger partial charge in [-0.2, -0.15) is 0 Å². The Morgan fingerprint density at radius 2 is 1.91 bits per heavy atom. The molecule has 2 aromatic carbocycles. The van der Waals surface area contributed by atoms with Gasteiger partial charge in [0.25, 0.3) is 0 Å². The SMILES string of the molecule is CCCCC1(CC)CN(c2ccccc2)c2cc(N(C)C)c(OCCC(=O)O)cc2S(O)(O)N1. The van der Waals surface area contributed by atoms with Crippen molar-refractivity contribution in [3.63, 3.8) is 0 Å². The Bertz CT molecular complexity index is 986. The molecule has 1 aliphatic rings. The van der Waals surface area contributed by atoms with Gasteiger partial charge in [0.1, 0.15) is 10.6 Å². The summed E-state index contributed by atoms with van der Waals surface area (Å²) in [6.07, 6.45) is 3.35. The lowest BCUT2D eigenvalue weighted by Crippen LogP contribution is -2.51. The molecule has 0 saturated carbocycles. The van der Waals surface area contributed by atoms with Gasteiger partial charge in [0.05, 0.1) is 29.9 Å². The number of unbranched alkanes of at least 4 members (excludes halogenated alkanes) is 1. The summed E-state index contributed by atoms with van der Waals surface area (Å²) in [5, 5.41) is 9.02. The zero-order chi connectivity index (χ0) is 24.9. The van der Waals surface area contributed by atoms with Crippen LogP contribution >= 0.6 is 10.8 Å². The van der Waals surface area contributed by atoms with E-state index in [1.807, 2.05) is 55.4 Å². The molecule has 4 N–H and O–H groups in total. The summed E-state index contributed by atoms with van der Waals surface area (Å²) in [6, 6.07) is 13.5. The van der Waals surface area contributed by atoms with Crippen LogP contribution in [0.4, 0.5) is 17.1 Å². The van der Waals surface area contributed by atoms with E-state index in [0.29, 0.717) is 22.9 Å². The molecule has 0 aliphatic carbocycles. The highest BCUT2D eigenvalue weighted by atomic mass is 32.3. The predicted octanol–water partition coefficient (Wildman–Crippen LogP) is 5.71. The van der Waals surface area contributed by atoms with Crippen LogP contribution in [-0.4, -0.2) is 53.0 Å². The fourth-order valence-corrected chi connectivity index (χ4v) is 6.07. The van der Waals surface area contributed by atoms with Crippen LogP contribution < -0.4 is 19.3 Å². The molecule has 1 unspecified atom stereocenters. The lowest BCUT2D eigenvalue weighted by Gasteiger charge is -2.42. The zero-order valence-corrected chi connectivity index (χ0v) is 21.3. The fourth-order valence-electron chi connectivity index (χ4n) is 4.31. The summed E-state index contributed by atoms with van der Waals surface area (Å²) in [4.78, 5) is 15.4. The maximum atomic E-state index is 11.4. The van der Waals surface area contributed by atoms with E-state index in [9.17, 15) is 13.9 Å². The monoisotopic (exact) mass is 491 g/mol. The quantitative estimate of drug-likeness (QED) is 0.335. The summed E-state index contributed by atoms with van der Waals surface area (Å²) < 4.78 is 32.0. The molecular formula is C25H37N3O5S. The molecule has 2 aromatic rings. The number of carboxylic acids is 1. The van der Waals surface area contributed by atoms with Crippen LogP contribution in [0.3, 0.4) is 0 Å². The Hall–Kier alpha value is -2.46. The molecule has 188 valence electrons. The highest BCUT2D eigenvalue weighted by Gasteiger charge is 2.41. The second kappa shape index (κ2) is 10.9. The van der Waals surface area contributed by atoms with Crippen LogP contribution in [0, 0.1) is 0 Å². The first-order valence-electron chi connectivity index (χ1n) is 11.7. The average molecular weight is 492 g/mol. The molecule has 9 heteroatoms. The number of fused-ring (bicyclic) bond motifs is 1. The molecule has 3 rings (SSSR count). The Morgan fingerprint density at radius 1 is 1.21 bits per heavy atom. The van der Waals surface area contributed by atoms with Crippen molar-refractivity contribution >= 4 is 33.8 Å². The third-order valence-electron chi connectivity index (χ3n) is 6.27. The Morgan fingerprint density at radius 3 is 2.50 bits per heavy atom. The van der Waals surface area contributed by atoms with Crippen molar-refractivity contribution in [3.8, 4) is 5.75 Å². The highest BCUT2D eigenvalue weighted by Crippen LogP contribution is 2.57. The van der Waals surface area contributed by atoms with E-state index in [4.69, 9.17) is 9.84 Å². The van der Waals surface area contributed by atoms with Gasteiger partial charge in [-0.3, -0.25) is 13.9 Å². The first-order valence-corrected chi connectivity index (χ1v) is 13.3. The lowest BCUT2D eigenvalue weighted by atomic mass is 9.89. The molecule has 8 nitrogen and oxygen atoms in total. The Kier molecular flexibility index (Phi) is 8.35. The minimum atomic E-state index is -3.38. The maximum absolute atomic E-state index is 11.4. The number of rotatable bonds is 10. The number of aliphatic carboxylic acids is 1. The van der Waals surface area contributed by atoms with Crippen LogP contribution in [0.1, 0.15) is 46.0 Å². The number of anilines is 3. The van der Waals surface area contributed by atoms with Crippen molar-refractivity contribution in [1.29, 1.82) is 0 Å². The van der Waals surface area contributed by atoms with Gasteiger partial charge >= 0.3 is 5.97 Å². The molecule has 34 heavy (non-hydrogen) atoms. The number of para-hydroxylation sites is 1. The van der Waals surface area contributed by atoms with Gasteiger partial charge in [0.2, 0.25) is 0 Å². The summed E-state index contributed by atoms with van der Waals surface area (Å²) in [6.45, 7) is 4.76. The third-order valence-corrected chi connectivity index (χ3v) is 7.92. The van der Waals surface area contributed by atoms with Gasteiger partial charge in [-0.1, -0.05) is 44.9 Å². The molecule has 0 radical (unpaired) electrons. The predicted molar refractivity (Wildman–Crippen MR) is 139 cm³/mol. The van der Waals surface area contributed by atoms with Gasteiger partial charge in [0.15, 0.2) is 0 Å². The topological polar surface area (TPSA) is 106 Å². The molecule has 0 aromatic heterocycles. The molecule has 0 saturated heterocycles. The van der Waals surface area contributed by atoms with Gasteiger partial charge in [0, 0.05) is 32.4 Å². The van der Waals surface area contributed by atoms with E-state index in [1.165, 1.54) is 0 Å². The third kappa shape index (κ3) is 5.78. The van der Waals surface area contributed by atoms with E-state index < -0.39 is 22.3 Å². The second-order valence-electron chi connectivity index (χ2n) is 8.98. The van der Waals surface area contributed by atoms with Crippen molar-refractivity contribution in [2.24, 2.45) is 0 Å². The maximum Gasteiger partial charge on any atom is 0.306 e. The Balaban J connectivity index is 2.20. The molecule has 0 spiro atoms. The summed E-state index contributed by atoms with van der Waals surface area (Å²) >= 11 is 0.